The van der Waals surface area contributed by atoms with Crippen molar-refractivity contribution in [2.75, 3.05) is 11.5 Å². The highest BCUT2D eigenvalue weighted by Gasteiger charge is 2.12. The van der Waals surface area contributed by atoms with Crippen molar-refractivity contribution >= 4 is 17.7 Å². The first-order valence-electron chi connectivity index (χ1n) is 5.80. The summed E-state index contributed by atoms with van der Waals surface area (Å²) in [5.41, 5.74) is 8.12. The SMILES string of the molecule is NC(=O)CSCCn1ccc2c1CCCC2. The van der Waals surface area contributed by atoms with Gasteiger partial charge in [0.05, 0.1) is 5.75 Å². The van der Waals surface area contributed by atoms with Gasteiger partial charge in [-0.2, -0.15) is 11.8 Å². The Hall–Kier alpha value is -0.900. The molecule has 1 aliphatic rings. The molecule has 16 heavy (non-hydrogen) atoms. The van der Waals surface area contributed by atoms with E-state index in [1.54, 1.807) is 11.8 Å². The van der Waals surface area contributed by atoms with Gasteiger partial charge >= 0.3 is 0 Å². The molecule has 0 spiro atoms. The third-order valence-corrected chi connectivity index (χ3v) is 3.96. The summed E-state index contributed by atoms with van der Waals surface area (Å²) in [4.78, 5) is 10.6. The molecule has 0 aromatic carbocycles. The Bertz CT molecular complexity index is 373. The number of primary amides is 1. The molecular weight excluding hydrogens is 220 g/mol. The smallest absolute Gasteiger partial charge is 0.227 e. The zero-order valence-corrected chi connectivity index (χ0v) is 10.3. The van der Waals surface area contributed by atoms with Gasteiger partial charge in [0.25, 0.3) is 0 Å². The van der Waals surface area contributed by atoms with Crippen LogP contribution >= 0.6 is 11.8 Å². The summed E-state index contributed by atoms with van der Waals surface area (Å²) < 4.78 is 2.34. The molecule has 4 heteroatoms. The Morgan fingerprint density at radius 3 is 3.06 bits per heavy atom. The van der Waals surface area contributed by atoms with Gasteiger partial charge in [-0.05, 0) is 37.3 Å². The number of nitrogens with zero attached hydrogens (tertiary/aromatic N) is 1. The van der Waals surface area contributed by atoms with E-state index in [9.17, 15) is 4.79 Å². The van der Waals surface area contributed by atoms with Crippen LogP contribution in [0.3, 0.4) is 0 Å². The molecule has 2 rings (SSSR count). The molecule has 0 fully saturated rings. The predicted octanol–water partition coefficient (Wildman–Crippen LogP) is 1.59. The highest BCUT2D eigenvalue weighted by molar-refractivity contribution is 7.99. The molecule has 1 aromatic rings. The fourth-order valence-electron chi connectivity index (χ4n) is 2.24. The van der Waals surface area contributed by atoms with Crippen molar-refractivity contribution in [1.82, 2.24) is 4.57 Å². The van der Waals surface area contributed by atoms with Crippen molar-refractivity contribution in [3.63, 3.8) is 0 Å². The van der Waals surface area contributed by atoms with Crippen LogP contribution in [-0.2, 0) is 24.2 Å². The average Bonchev–Trinajstić information content (AvgIpc) is 2.68. The Labute approximate surface area is 100 Å². The van der Waals surface area contributed by atoms with Crippen LogP contribution in [0.4, 0.5) is 0 Å². The number of aromatic nitrogens is 1. The highest BCUT2D eigenvalue weighted by Crippen LogP contribution is 2.22. The molecule has 3 nitrogen and oxygen atoms in total. The average molecular weight is 238 g/mol. The lowest BCUT2D eigenvalue weighted by Crippen LogP contribution is -2.14. The molecule has 0 saturated carbocycles. The van der Waals surface area contributed by atoms with E-state index in [4.69, 9.17) is 5.73 Å². The van der Waals surface area contributed by atoms with Crippen LogP contribution < -0.4 is 5.73 Å². The minimum Gasteiger partial charge on any atom is -0.369 e. The lowest BCUT2D eigenvalue weighted by molar-refractivity contribution is -0.115. The second kappa shape index (κ2) is 5.43. The van der Waals surface area contributed by atoms with Gasteiger partial charge in [0.2, 0.25) is 5.91 Å². The van der Waals surface area contributed by atoms with E-state index in [0.717, 1.165) is 12.3 Å². The summed E-state index contributed by atoms with van der Waals surface area (Å²) in [6.07, 6.45) is 7.26. The first kappa shape index (κ1) is 11.6. The van der Waals surface area contributed by atoms with Crippen molar-refractivity contribution in [3.05, 3.63) is 23.5 Å². The van der Waals surface area contributed by atoms with Gasteiger partial charge in [0, 0.05) is 24.2 Å². The topological polar surface area (TPSA) is 48.0 Å². The van der Waals surface area contributed by atoms with E-state index in [2.05, 4.69) is 16.8 Å². The third kappa shape index (κ3) is 2.82. The molecular formula is C12H18N2OS. The maximum absolute atomic E-state index is 10.6. The number of carbonyl (C=O) groups is 1. The minimum absolute atomic E-state index is 0.223. The molecule has 0 atom stereocenters. The number of rotatable bonds is 5. The largest absolute Gasteiger partial charge is 0.369 e. The molecule has 1 aromatic heterocycles. The Morgan fingerprint density at radius 1 is 1.44 bits per heavy atom. The molecule has 0 radical (unpaired) electrons. The van der Waals surface area contributed by atoms with Gasteiger partial charge in [-0.15, -0.1) is 0 Å². The van der Waals surface area contributed by atoms with E-state index in [1.807, 2.05) is 0 Å². The van der Waals surface area contributed by atoms with E-state index in [-0.39, 0.29) is 5.91 Å². The van der Waals surface area contributed by atoms with Crippen LogP contribution in [-0.4, -0.2) is 22.0 Å². The maximum Gasteiger partial charge on any atom is 0.227 e. The zero-order valence-electron chi connectivity index (χ0n) is 9.45. The van der Waals surface area contributed by atoms with Crippen molar-refractivity contribution in [2.45, 2.75) is 32.2 Å². The number of hydrogen-bond donors (Lipinski definition) is 1. The van der Waals surface area contributed by atoms with Gasteiger partial charge in [-0.3, -0.25) is 4.79 Å². The number of amides is 1. The molecule has 0 unspecified atom stereocenters. The van der Waals surface area contributed by atoms with Crippen LogP contribution in [0.5, 0.6) is 0 Å². The quantitative estimate of drug-likeness (QED) is 0.792. The van der Waals surface area contributed by atoms with Crippen LogP contribution in [0.25, 0.3) is 0 Å². The van der Waals surface area contributed by atoms with Gasteiger partial charge in [-0.25, -0.2) is 0 Å². The van der Waals surface area contributed by atoms with Gasteiger partial charge in [0.15, 0.2) is 0 Å². The van der Waals surface area contributed by atoms with Crippen LogP contribution in [0.1, 0.15) is 24.1 Å². The number of aryl methyl sites for hydroxylation is 2. The molecule has 1 aliphatic carbocycles. The summed E-state index contributed by atoms with van der Waals surface area (Å²) in [5, 5.41) is 0. The van der Waals surface area contributed by atoms with Crippen LogP contribution in [0, 0.1) is 0 Å². The van der Waals surface area contributed by atoms with E-state index >= 15 is 0 Å². The summed E-state index contributed by atoms with van der Waals surface area (Å²) >= 11 is 1.61. The normalized spacial score (nSPS) is 14.8. The standard InChI is InChI=1S/C12H18N2OS/c13-12(15)9-16-8-7-14-6-5-10-3-1-2-4-11(10)14/h5-6H,1-4,7-9H2,(H2,13,15). The van der Waals surface area contributed by atoms with Gasteiger partial charge in [-0.1, -0.05) is 0 Å². The van der Waals surface area contributed by atoms with E-state index < -0.39 is 0 Å². The van der Waals surface area contributed by atoms with E-state index in [0.29, 0.717) is 5.75 Å². The summed E-state index contributed by atoms with van der Waals surface area (Å²) in [6, 6.07) is 2.24. The second-order valence-corrected chi connectivity index (χ2v) is 5.31. The van der Waals surface area contributed by atoms with Gasteiger partial charge < -0.3 is 10.3 Å². The summed E-state index contributed by atoms with van der Waals surface area (Å²) in [7, 11) is 0. The molecule has 0 saturated heterocycles. The Kier molecular flexibility index (Phi) is 3.93. The van der Waals surface area contributed by atoms with Gasteiger partial charge in [0.1, 0.15) is 0 Å². The minimum atomic E-state index is -0.223. The van der Waals surface area contributed by atoms with Crippen molar-refractivity contribution in [2.24, 2.45) is 5.73 Å². The molecule has 2 N–H and O–H groups in total. The first-order chi connectivity index (χ1) is 7.77. The number of thioether (sulfide) groups is 1. The maximum atomic E-state index is 10.6. The molecule has 1 heterocycles. The van der Waals surface area contributed by atoms with E-state index in [1.165, 1.54) is 36.9 Å². The predicted molar refractivity (Wildman–Crippen MR) is 67.6 cm³/mol. The lowest BCUT2D eigenvalue weighted by Gasteiger charge is -2.15. The third-order valence-electron chi connectivity index (χ3n) is 3.00. The number of carbonyl (C=O) groups excluding carboxylic acids is 1. The van der Waals surface area contributed by atoms with Crippen molar-refractivity contribution in [3.8, 4) is 0 Å². The summed E-state index contributed by atoms with van der Waals surface area (Å²) in [5.74, 6) is 1.17. The number of fused-ring (bicyclic) bond motifs is 1. The lowest BCUT2D eigenvalue weighted by atomic mass is 9.98. The van der Waals surface area contributed by atoms with Crippen molar-refractivity contribution < 1.29 is 4.79 Å². The first-order valence-corrected chi connectivity index (χ1v) is 6.96. The Morgan fingerprint density at radius 2 is 2.25 bits per heavy atom. The Balaban J connectivity index is 1.85. The van der Waals surface area contributed by atoms with Crippen LogP contribution in [0.2, 0.25) is 0 Å². The highest BCUT2D eigenvalue weighted by atomic mass is 32.2. The molecule has 1 amide bonds. The van der Waals surface area contributed by atoms with Crippen LogP contribution in [0.15, 0.2) is 12.3 Å². The monoisotopic (exact) mass is 238 g/mol. The fraction of sp³-hybridized carbons (Fsp3) is 0.583. The molecule has 0 bridgehead atoms. The van der Waals surface area contributed by atoms with Crippen molar-refractivity contribution in [1.29, 1.82) is 0 Å². The zero-order chi connectivity index (χ0) is 11.4. The molecule has 88 valence electrons. The number of nitrogens with two attached hydrogens (primary N) is 1. The fourth-order valence-corrected chi connectivity index (χ4v) is 2.91. The number of hydrogen-bond acceptors (Lipinski definition) is 2. The summed E-state index contributed by atoms with van der Waals surface area (Å²) in [6.45, 7) is 0.993. The second-order valence-electron chi connectivity index (χ2n) is 4.21. The molecule has 0 aliphatic heterocycles.